The number of nitrogens with zero attached hydrogens (tertiary/aromatic N) is 1. The molecule has 3 heterocycles. The van der Waals surface area contributed by atoms with Gasteiger partial charge in [-0.3, -0.25) is 9.69 Å². The zero-order valence-corrected chi connectivity index (χ0v) is 13.5. The molecule has 3 aliphatic rings. The molecule has 3 rings (SSSR count). The molecule has 21 heavy (non-hydrogen) atoms. The summed E-state index contributed by atoms with van der Waals surface area (Å²) in [6.45, 7) is 6.61. The zero-order chi connectivity index (χ0) is 14.7. The largest absolute Gasteiger partial charge is 0.351 e. The Morgan fingerprint density at radius 1 is 1.24 bits per heavy atom. The van der Waals surface area contributed by atoms with Gasteiger partial charge >= 0.3 is 0 Å². The van der Waals surface area contributed by atoms with Crippen LogP contribution >= 0.6 is 0 Å². The molecular weight excluding hydrogens is 262 g/mol. The fourth-order valence-electron chi connectivity index (χ4n) is 4.71. The van der Waals surface area contributed by atoms with E-state index in [4.69, 9.17) is 0 Å². The van der Waals surface area contributed by atoms with Crippen LogP contribution in [-0.2, 0) is 4.79 Å². The van der Waals surface area contributed by atoms with Crippen LogP contribution in [0.1, 0.15) is 58.3 Å². The van der Waals surface area contributed by atoms with Crippen LogP contribution < -0.4 is 10.6 Å². The van der Waals surface area contributed by atoms with Gasteiger partial charge in [0.25, 0.3) is 0 Å². The summed E-state index contributed by atoms with van der Waals surface area (Å²) in [5, 5.41) is 6.87. The highest BCUT2D eigenvalue weighted by Crippen LogP contribution is 2.35. The average Bonchev–Trinajstić information content (AvgIpc) is 2.92. The number of hydrogen-bond acceptors (Lipinski definition) is 3. The summed E-state index contributed by atoms with van der Waals surface area (Å²) >= 11 is 0. The summed E-state index contributed by atoms with van der Waals surface area (Å²) in [5.74, 6) is 0.350. The van der Waals surface area contributed by atoms with Gasteiger partial charge in [-0.15, -0.1) is 0 Å². The summed E-state index contributed by atoms with van der Waals surface area (Å²) in [7, 11) is 0. The Balaban J connectivity index is 1.64. The molecular formula is C17H31N3O. The first kappa shape index (κ1) is 15.3. The van der Waals surface area contributed by atoms with Gasteiger partial charge < -0.3 is 10.6 Å². The molecule has 0 aromatic rings. The van der Waals surface area contributed by atoms with Gasteiger partial charge in [-0.25, -0.2) is 0 Å². The standard InChI is InChI=1S/C17H31N3O/c1-2-7-17(8-10-18-11-9-17)16(21)19-14-6-13-20-12-4-3-5-15(14)20/h14-15,18H,2-13H2,1H3,(H,19,21). The molecule has 4 heteroatoms. The first-order chi connectivity index (χ1) is 10.2. The van der Waals surface area contributed by atoms with Crippen LogP contribution in [0.3, 0.4) is 0 Å². The minimum absolute atomic E-state index is 0.0952. The van der Waals surface area contributed by atoms with E-state index in [0.717, 1.165) is 45.2 Å². The van der Waals surface area contributed by atoms with Crippen molar-refractivity contribution in [3.05, 3.63) is 0 Å². The summed E-state index contributed by atoms with van der Waals surface area (Å²) < 4.78 is 0. The lowest BCUT2D eigenvalue weighted by molar-refractivity contribution is -0.134. The van der Waals surface area contributed by atoms with Crippen molar-refractivity contribution >= 4 is 5.91 Å². The number of nitrogens with one attached hydrogen (secondary N) is 2. The van der Waals surface area contributed by atoms with Crippen molar-refractivity contribution in [2.45, 2.75) is 70.4 Å². The van der Waals surface area contributed by atoms with E-state index in [-0.39, 0.29) is 5.41 Å². The minimum Gasteiger partial charge on any atom is -0.351 e. The molecule has 120 valence electrons. The van der Waals surface area contributed by atoms with Gasteiger partial charge in [-0.1, -0.05) is 19.8 Å². The van der Waals surface area contributed by atoms with E-state index in [2.05, 4.69) is 22.5 Å². The summed E-state index contributed by atoms with van der Waals surface area (Å²) in [6.07, 6.45) is 9.25. The van der Waals surface area contributed by atoms with Gasteiger partial charge in [0.2, 0.25) is 5.91 Å². The highest BCUT2D eigenvalue weighted by molar-refractivity contribution is 5.83. The Bertz CT molecular complexity index is 360. The minimum atomic E-state index is -0.0952. The molecule has 0 aliphatic carbocycles. The predicted molar refractivity (Wildman–Crippen MR) is 85.2 cm³/mol. The van der Waals surface area contributed by atoms with Gasteiger partial charge in [-0.05, 0) is 58.2 Å². The lowest BCUT2D eigenvalue weighted by Gasteiger charge is -2.38. The number of piperidine rings is 2. The number of hydrogen-bond donors (Lipinski definition) is 2. The average molecular weight is 293 g/mol. The normalized spacial score (nSPS) is 32.6. The lowest BCUT2D eigenvalue weighted by Crippen LogP contribution is -2.53. The second-order valence-electron chi connectivity index (χ2n) is 7.25. The third-order valence-corrected chi connectivity index (χ3v) is 5.94. The van der Waals surface area contributed by atoms with Gasteiger partial charge in [0.15, 0.2) is 0 Å². The summed E-state index contributed by atoms with van der Waals surface area (Å²) in [5.41, 5.74) is -0.0952. The van der Waals surface area contributed by atoms with Gasteiger partial charge in [0.1, 0.15) is 0 Å². The maximum atomic E-state index is 13.0. The van der Waals surface area contributed by atoms with E-state index >= 15 is 0 Å². The monoisotopic (exact) mass is 293 g/mol. The van der Waals surface area contributed by atoms with Crippen molar-refractivity contribution in [3.63, 3.8) is 0 Å². The fourth-order valence-corrected chi connectivity index (χ4v) is 4.71. The predicted octanol–water partition coefficient (Wildman–Crippen LogP) is 1.90. The van der Waals surface area contributed by atoms with E-state index in [0.29, 0.717) is 18.0 Å². The number of carbonyl (C=O) groups is 1. The number of carbonyl (C=O) groups excluding carboxylic acids is 1. The van der Waals surface area contributed by atoms with Crippen molar-refractivity contribution in [1.29, 1.82) is 0 Å². The quantitative estimate of drug-likeness (QED) is 0.832. The van der Waals surface area contributed by atoms with Crippen LogP contribution in [0.15, 0.2) is 0 Å². The molecule has 2 N–H and O–H groups in total. The van der Waals surface area contributed by atoms with Crippen molar-refractivity contribution in [3.8, 4) is 0 Å². The molecule has 3 aliphatic heterocycles. The second kappa shape index (κ2) is 6.66. The van der Waals surface area contributed by atoms with Crippen LogP contribution in [0.25, 0.3) is 0 Å². The van der Waals surface area contributed by atoms with Crippen LogP contribution in [0, 0.1) is 5.41 Å². The molecule has 1 amide bonds. The number of amides is 1. The van der Waals surface area contributed by atoms with Crippen LogP contribution in [-0.4, -0.2) is 49.1 Å². The first-order valence-corrected chi connectivity index (χ1v) is 9.01. The molecule has 0 aromatic carbocycles. The van der Waals surface area contributed by atoms with Gasteiger partial charge in [0, 0.05) is 18.6 Å². The maximum absolute atomic E-state index is 13.0. The Labute approximate surface area is 129 Å². The smallest absolute Gasteiger partial charge is 0.226 e. The van der Waals surface area contributed by atoms with Crippen molar-refractivity contribution in [2.24, 2.45) is 5.41 Å². The lowest BCUT2D eigenvalue weighted by atomic mass is 9.74. The summed E-state index contributed by atoms with van der Waals surface area (Å²) in [4.78, 5) is 15.6. The highest BCUT2D eigenvalue weighted by atomic mass is 16.2. The molecule has 4 nitrogen and oxygen atoms in total. The van der Waals surface area contributed by atoms with E-state index in [1.807, 2.05) is 0 Å². The van der Waals surface area contributed by atoms with Crippen molar-refractivity contribution in [1.82, 2.24) is 15.5 Å². The highest BCUT2D eigenvalue weighted by Gasteiger charge is 2.42. The Morgan fingerprint density at radius 2 is 2.05 bits per heavy atom. The molecule has 0 bridgehead atoms. The summed E-state index contributed by atoms with van der Waals surface area (Å²) in [6, 6.07) is 1.02. The van der Waals surface area contributed by atoms with Crippen molar-refractivity contribution < 1.29 is 4.79 Å². The van der Waals surface area contributed by atoms with E-state index in [1.54, 1.807) is 0 Å². The topological polar surface area (TPSA) is 44.4 Å². The SMILES string of the molecule is CCCC1(C(=O)NC2CCN3CCCCC23)CCNCC1. The van der Waals surface area contributed by atoms with E-state index in [1.165, 1.54) is 32.4 Å². The van der Waals surface area contributed by atoms with Crippen LogP contribution in [0.5, 0.6) is 0 Å². The third-order valence-electron chi connectivity index (χ3n) is 5.94. The molecule has 0 spiro atoms. The Morgan fingerprint density at radius 3 is 2.81 bits per heavy atom. The molecule has 0 radical (unpaired) electrons. The molecule has 3 saturated heterocycles. The molecule has 2 atom stereocenters. The Hall–Kier alpha value is -0.610. The zero-order valence-electron chi connectivity index (χ0n) is 13.5. The second-order valence-corrected chi connectivity index (χ2v) is 7.25. The fraction of sp³-hybridized carbons (Fsp3) is 0.941. The molecule has 0 saturated carbocycles. The third kappa shape index (κ3) is 3.11. The van der Waals surface area contributed by atoms with Crippen molar-refractivity contribution in [2.75, 3.05) is 26.2 Å². The number of fused-ring (bicyclic) bond motifs is 1. The van der Waals surface area contributed by atoms with E-state index in [9.17, 15) is 4.79 Å². The molecule has 2 unspecified atom stereocenters. The Kier molecular flexibility index (Phi) is 4.85. The van der Waals surface area contributed by atoms with Crippen LogP contribution in [0.2, 0.25) is 0 Å². The van der Waals surface area contributed by atoms with E-state index < -0.39 is 0 Å². The van der Waals surface area contributed by atoms with Gasteiger partial charge in [0.05, 0.1) is 5.41 Å². The van der Waals surface area contributed by atoms with Gasteiger partial charge in [-0.2, -0.15) is 0 Å². The maximum Gasteiger partial charge on any atom is 0.226 e. The first-order valence-electron chi connectivity index (χ1n) is 9.01. The molecule has 3 fully saturated rings. The number of rotatable bonds is 4. The van der Waals surface area contributed by atoms with Crippen LogP contribution in [0.4, 0.5) is 0 Å². The molecule has 0 aromatic heterocycles.